The van der Waals surface area contributed by atoms with Gasteiger partial charge in [0.1, 0.15) is 6.54 Å². The van der Waals surface area contributed by atoms with Crippen molar-refractivity contribution in [2.45, 2.75) is 26.3 Å². The van der Waals surface area contributed by atoms with Gasteiger partial charge in [-0.05, 0) is 24.0 Å². The van der Waals surface area contributed by atoms with Gasteiger partial charge in [0.15, 0.2) is 0 Å². The first-order chi connectivity index (χ1) is 11.9. The lowest BCUT2D eigenvalue weighted by Crippen LogP contribution is -2.38. The standard InChI is InChI=1S/C18H23ClN2O4/c1-12-9-14(12)18(24)20-8-7-16(22)21(11-17(23)25-2)10-13-5-3-4-6-15(13)19/h3-6,12,14H,7-11H2,1-2H3,(H,20,24)/t12-,14+/m0/s1. The molecule has 2 rings (SSSR count). The normalized spacial score (nSPS) is 18.4. The largest absolute Gasteiger partial charge is 0.468 e. The highest BCUT2D eigenvalue weighted by molar-refractivity contribution is 6.31. The molecule has 0 unspecified atom stereocenters. The van der Waals surface area contributed by atoms with Gasteiger partial charge in [-0.3, -0.25) is 14.4 Å². The van der Waals surface area contributed by atoms with Crippen LogP contribution in [0.15, 0.2) is 24.3 Å². The summed E-state index contributed by atoms with van der Waals surface area (Å²) in [6, 6.07) is 7.15. The summed E-state index contributed by atoms with van der Waals surface area (Å²) >= 11 is 6.13. The van der Waals surface area contributed by atoms with Gasteiger partial charge in [-0.15, -0.1) is 0 Å². The van der Waals surface area contributed by atoms with Gasteiger partial charge >= 0.3 is 5.97 Å². The maximum Gasteiger partial charge on any atom is 0.325 e. The third-order valence-corrected chi connectivity index (χ3v) is 4.67. The smallest absolute Gasteiger partial charge is 0.325 e. The monoisotopic (exact) mass is 366 g/mol. The van der Waals surface area contributed by atoms with Gasteiger partial charge in [0.2, 0.25) is 11.8 Å². The van der Waals surface area contributed by atoms with E-state index in [1.807, 2.05) is 13.0 Å². The zero-order valence-electron chi connectivity index (χ0n) is 14.5. The molecule has 136 valence electrons. The molecule has 1 aromatic rings. The number of amides is 2. The second-order valence-electron chi connectivity index (χ2n) is 6.28. The zero-order chi connectivity index (χ0) is 18.4. The number of halogens is 1. The van der Waals surface area contributed by atoms with Crippen LogP contribution in [0.4, 0.5) is 0 Å². The number of rotatable bonds is 8. The van der Waals surface area contributed by atoms with E-state index < -0.39 is 5.97 Å². The molecule has 1 fully saturated rings. The number of carbonyl (C=O) groups excluding carboxylic acids is 3. The summed E-state index contributed by atoms with van der Waals surface area (Å²) in [5.74, 6) is -0.257. The number of nitrogens with zero attached hydrogens (tertiary/aromatic N) is 1. The molecule has 1 saturated carbocycles. The molecule has 6 nitrogen and oxygen atoms in total. The molecule has 7 heteroatoms. The van der Waals surface area contributed by atoms with Gasteiger partial charge in [0, 0.05) is 30.5 Å². The minimum atomic E-state index is -0.503. The molecule has 2 atom stereocenters. The number of esters is 1. The summed E-state index contributed by atoms with van der Waals surface area (Å²) in [5.41, 5.74) is 0.747. The molecule has 0 spiro atoms. The van der Waals surface area contributed by atoms with E-state index in [0.29, 0.717) is 10.9 Å². The Balaban J connectivity index is 1.91. The molecule has 2 amide bonds. The third-order valence-electron chi connectivity index (χ3n) is 4.30. The molecule has 0 aromatic heterocycles. The van der Waals surface area contributed by atoms with Crippen LogP contribution in [0.5, 0.6) is 0 Å². The lowest BCUT2D eigenvalue weighted by molar-refractivity contribution is -0.147. The molecule has 1 aliphatic carbocycles. The van der Waals surface area contributed by atoms with E-state index in [0.717, 1.165) is 12.0 Å². The van der Waals surface area contributed by atoms with Crippen molar-refractivity contribution in [1.29, 1.82) is 0 Å². The quantitative estimate of drug-likeness (QED) is 0.714. The number of nitrogens with one attached hydrogen (secondary N) is 1. The number of ether oxygens (including phenoxy) is 1. The fraction of sp³-hybridized carbons (Fsp3) is 0.500. The highest BCUT2D eigenvalue weighted by atomic mass is 35.5. The van der Waals surface area contributed by atoms with Crippen molar-refractivity contribution in [3.05, 3.63) is 34.9 Å². The van der Waals surface area contributed by atoms with E-state index in [2.05, 4.69) is 10.1 Å². The van der Waals surface area contributed by atoms with E-state index in [1.54, 1.807) is 18.2 Å². The second kappa shape index (κ2) is 8.85. The number of hydrogen-bond acceptors (Lipinski definition) is 4. The Kier molecular flexibility index (Phi) is 6.82. The lowest BCUT2D eigenvalue weighted by Gasteiger charge is -2.22. The van der Waals surface area contributed by atoms with E-state index >= 15 is 0 Å². The summed E-state index contributed by atoms with van der Waals surface area (Å²) in [6.07, 6.45) is 1.02. The SMILES string of the molecule is COC(=O)CN(Cc1ccccc1Cl)C(=O)CCNC(=O)[C@@H]1C[C@@H]1C. The van der Waals surface area contributed by atoms with Crippen LogP contribution < -0.4 is 5.32 Å². The van der Waals surface area contributed by atoms with Gasteiger partial charge < -0.3 is 15.0 Å². The number of benzene rings is 1. The summed E-state index contributed by atoms with van der Waals surface area (Å²) < 4.78 is 4.66. The fourth-order valence-electron chi connectivity index (χ4n) is 2.55. The van der Waals surface area contributed by atoms with Gasteiger partial charge in [-0.1, -0.05) is 36.7 Å². The van der Waals surface area contributed by atoms with Crippen molar-refractivity contribution in [2.24, 2.45) is 11.8 Å². The van der Waals surface area contributed by atoms with E-state index in [-0.39, 0.29) is 43.8 Å². The Morgan fingerprint density at radius 2 is 2.00 bits per heavy atom. The molecule has 0 heterocycles. The summed E-state index contributed by atoms with van der Waals surface area (Å²) in [5, 5.41) is 3.30. The fourth-order valence-corrected chi connectivity index (χ4v) is 2.75. The Morgan fingerprint density at radius 1 is 1.32 bits per heavy atom. The van der Waals surface area contributed by atoms with Crippen molar-refractivity contribution < 1.29 is 19.1 Å². The Morgan fingerprint density at radius 3 is 2.60 bits per heavy atom. The maximum absolute atomic E-state index is 12.5. The molecule has 0 bridgehead atoms. The highest BCUT2D eigenvalue weighted by Crippen LogP contribution is 2.37. The average molecular weight is 367 g/mol. The van der Waals surface area contributed by atoms with Crippen molar-refractivity contribution in [2.75, 3.05) is 20.2 Å². The van der Waals surface area contributed by atoms with Gasteiger partial charge in [-0.25, -0.2) is 0 Å². The van der Waals surface area contributed by atoms with Crippen LogP contribution in [0.25, 0.3) is 0 Å². The van der Waals surface area contributed by atoms with Gasteiger partial charge in [0.05, 0.1) is 7.11 Å². The van der Waals surface area contributed by atoms with Crippen LogP contribution >= 0.6 is 11.6 Å². The molecule has 0 saturated heterocycles. The molecule has 0 aliphatic heterocycles. The first-order valence-electron chi connectivity index (χ1n) is 8.28. The summed E-state index contributed by atoms with van der Waals surface area (Å²) in [6.45, 7) is 2.33. The van der Waals surface area contributed by atoms with E-state index in [9.17, 15) is 14.4 Å². The molecular formula is C18H23ClN2O4. The predicted octanol–water partition coefficient (Wildman–Crippen LogP) is 2.00. The Hall–Kier alpha value is -2.08. The van der Waals surface area contributed by atoms with Crippen molar-refractivity contribution in [3.63, 3.8) is 0 Å². The van der Waals surface area contributed by atoms with Crippen LogP contribution in [0, 0.1) is 11.8 Å². The molecule has 0 radical (unpaired) electrons. The van der Waals surface area contributed by atoms with Crippen LogP contribution in [-0.4, -0.2) is 42.9 Å². The third kappa shape index (κ3) is 5.74. The number of hydrogen-bond donors (Lipinski definition) is 1. The van der Waals surface area contributed by atoms with Crippen LogP contribution in [-0.2, 0) is 25.7 Å². The van der Waals surface area contributed by atoms with Crippen molar-refractivity contribution in [3.8, 4) is 0 Å². The molecule has 25 heavy (non-hydrogen) atoms. The minimum absolute atomic E-state index is 0.00841. The minimum Gasteiger partial charge on any atom is -0.468 e. The van der Waals surface area contributed by atoms with Gasteiger partial charge in [0.25, 0.3) is 0 Å². The molecule has 1 aromatic carbocycles. The summed E-state index contributed by atoms with van der Waals surface area (Å²) in [4.78, 5) is 37.3. The average Bonchev–Trinajstić information content (AvgIpc) is 3.32. The van der Waals surface area contributed by atoms with E-state index in [4.69, 9.17) is 11.6 Å². The second-order valence-corrected chi connectivity index (χ2v) is 6.69. The predicted molar refractivity (Wildman–Crippen MR) is 93.8 cm³/mol. The topological polar surface area (TPSA) is 75.7 Å². The van der Waals surface area contributed by atoms with Crippen LogP contribution in [0.3, 0.4) is 0 Å². The Bertz CT molecular complexity index is 650. The zero-order valence-corrected chi connectivity index (χ0v) is 15.2. The Labute approximate surface area is 152 Å². The molecule has 1 N–H and O–H groups in total. The highest BCUT2D eigenvalue weighted by Gasteiger charge is 2.38. The van der Waals surface area contributed by atoms with Crippen molar-refractivity contribution >= 4 is 29.4 Å². The van der Waals surface area contributed by atoms with Crippen molar-refractivity contribution in [1.82, 2.24) is 10.2 Å². The first kappa shape index (κ1) is 19.2. The summed E-state index contributed by atoms with van der Waals surface area (Å²) in [7, 11) is 1.28. The van der Waals surface area contributed by atoms with Crippen LogP contribution in [0.2, 0.25) is 5.02 Å². The number of carbonyl (C=O) groups is 3. The maximum atomic E-state index is 12.5. The first-order valence-corrected chi connectivity index (χ1v) is 8.66. The lowest BCUT2D eigenvalue weighted by atomic mass is 10.2. The molecule has 1 aliphatic rings. The van der Waals surface area contributed by atoms with E-state index in [1.165, 1.54) is 12.0 Å². The van der Waals surface area contributed by atoms with Gasteiger partial charge in [-0.2, -0.15) is 0 Å². The van der Waals surface area contributed by atoms with Crippen LogP contribution in [0.1, 0.15) is 25.3 Å². The number of methoxy groups -OCH3 is 1. The molecular weight excluding hydrogens is 344 g/mol.